The molecule has 0 radical (unpaired) electrons. The van der Waals surface area contributed by atoms with Crippen molar-refractivity contribution in [3.05, 3.63) is 46.7 Å². The quantitative estimate of drug-likeness (QED) is 0.877. The van der Waals surface area contributed by atoms with E-state index in [4.69, 9.17) is 18.0 Å². The summed E-state index contributed by atoms with van der Waals surface area (Å²) in [5, 5.41) is 0. The Morgan fingerprint density at radius 2 is 2.25 bits per heavy atom. The molecule has 0 bridgehead atoms. The lowest BCUT2D eigenvalue weighted by Gasteiger charge is -2.05. The lowest BCUT2D eigenvalue weighted by Crippen LogP contribution is -2.17. The number of pyridine rings is 1. The minimum Gasteiger partial charge on any atom is -0.387 e. The third-order valence-corrected chi connectivity index (χ3v) is 2.71. The normalized spacial score (nSPS) is 10.3. The van der Waals surface area contributed by atoms with Crippen LogP contribution in [0.2, 0.25) is 0 Å². The first-order chi connectivity index (χ1) is 7.66. The molecule has 4 nitrogen and oxygen atoms in total. The zero-order valence-corrected chi connectivity index (χ0v) is 10.7. The van der Waals surface area contributed by atoms with E-state index in [0.717, 1.165) is 10.2 Å². The van der Waals surface area contributed by atoms with Gasteiger partial charge in [-0.15, -0.1) is 0 Å². The van der Waals surface area contributed by atoms with Crippen LogP contribution in [0.1, 0.15) is 11.5 Å². The van der Waals surface area contributed by atoms with E-state index in [1.807, 2.05) is 22.9 Å². The molecule has 0 saturated carbocycles. The van der Waals surface area contributed by atoms with Gasteiger partial charge in [0.2, 0.25) is 0 Å². The summed E-state index contributed by atoms with van der Waals surface area (Å²) in [6.45, 7) is 0.611. The molecule has 0 aliphatic rings. The monoisotopic (exact) mass is 296 g/mol. The van der Waals surface area contributed by atoms with Gasteiger partial charge in [-0.2, -0.15) is 0 Å². The Hall–Kier alpha value is -1.27. The van der Waals surface area contributed by atoms with Crippen molar-refractivity contribution < 1.29 is 0 Å². The van der Waals surface area contributed by atoms with Gasteiger partial charge in [0.15, 0.2) is 5.82 Å². The zero-order chi connectivity index (χ0) is 11.5. The Bertz CT molecular complexity index is 506. The van der Waals surface area contributed by atoms with Gasteiger partial charge in [-0.25, -0.2) is 4.98 Å². The predicted molar refractivity (Wildman–Crippen MR) is 69.2 cm³/mol. The van der Waals surface area contributed by atoms with Crippen LogP contribution in [0, 0.1) is 0 Å². The average molecular weight is 297 g/mol. The van der Waals surface area contributed by atoms with E-state index in [1.165, 1.54) is 0 Å². The number of thiocarbonyl (C=S) groups is 1. The number of aromatic nitrogens is 3. The highest BCUT2D eigenvalue weighted by molar-refractivity contribution is 9.10. The highest BCUT2D eigenvalue weighted by Crippen LogP contribution is 2.09. The van der Waals surface area contributed by atoms with Crippen LogP contribution in [-0.4, -0.2) is 19.5 Å². The minimum atomic E-state index is 0.294. The molecule has 2 rings (SSSR count). The maximum atomic E-state index is 5.56. The van der Waals surface area contributed by atoms with Gasteiger partial charge in [0.05, 0.1) is 12.2 Å². The third-order valence-electron chi connectivity index (χ3n) is 2.06. The molecule has 16 heavy (non-hydrogen) atoms. The van der Waals surface area contributed by atoms with Crippen molar-refractivity contribution >= 4 is 33.1 Å². The second-order valence-corrected chi connectivity index (χ2v) is 4.57. The van der Waals surface area contributed by atoms with E-state index in [0.29, 0.717) is 17.4 Å². The van der Waals surface area contributed by atoms with Gasteiger partial charge in [-0.05, 0) is 28.1 Å². The largest absolute Gasteiger partial charge is 0.387 e. The molecular weight excluding hydrogens is 288 g/mol. The van der Waals surface area contributed by atoms with Gasteiger partial charge in [0.1, 0.15) is 4.99 Å². The molecule has 0 unspecified atom stereocenters. The van der Waals surface area contributed by atoms with Crippen LogP contribution in [0.25, 0.3) is 0 Å². The number of rotatable bonds is 3. The highest BCUT2D eigenvalue weighted by Gasteiger charge is 2.06. The van der Waals surface area contributed by atoms with E-state index in [2.05, 4.69) is 25.9 Å². The van der Waals surface area contributed by atoms with Crippen LogP contribution in [0.15, 0.2) is 35.2 Å². The standard InChI is InChI=1S/C10H9BrN4S/c11-7-1-2-8(14-5-7)6-15-4-3-13-10(15)9(12)16/h1-5H,6H2,(H2,12,16). The second kappa shape index (κ2) is 4.71. The van der Waals surface area contributed by atoms with Gasteiger partial charge >= 0.3 is 0 Å². The fourth-order valence-corrected chi connectivity index (χ4v) is 1.74. The third kappa shape index (κ3) is 2.45. The summed E-state index contributed by atoms with van der Waals surface area (Å²) in [7, 11) is 0. The summed E-state index contributed by atoms with van der Waals surface area (Å²) < 4.78 is 2.83. The van der Waals surface area contributed by atoms with E-state index in [9.17, 15) is 0 Å². The highest BCUT2D eigenvalue weighted by atomic mass is 79.9. The number of imidazole rings is 1. The minimum absolute atomic E-state index is 0.294. The predicted octanol–water partition coefficient (Wildman–Crippen LogP) is 1.72. The lowest BCUT2D eigenvalue weighted by atomic mass is 10.3. The van der Waals surface area contributed by atoms with Crippen LogP contribution in [0.3, 0.4) is 0 Å². The van der Waals surface area contributed by atoms with Crippen molar-refractivity contribution in [3.63, 3.8) is 0 Å². The van der Waals surface area contributed by atoms with Crippen molar-refractivity contribution in [2.75, 3.05) is 0 Å². The molecule has 0 aromatic carbocycles. The van der Waals surface area contributed by atoms with E-state index >= 15 is 0 Å². The summed E-state index contributed by atoms with van der Waals surface area (Å²) in [5.74, 6) is 0.611. The first-order valence-electron chi connectivity index (χ1n) is 4.58. The fourth-order valence-electron chi connectivity index (χ4n) is 1.34. The molecule has 0 spiro atoms. The van der Waals surface area contributed by atoms with E-state index < -0.39 is 0 Å². The van der Waals surface area contributed by atoms with Crippen molar-refractivity contribution in [1.82, 2.24) is 14.5 Å². The number of hydrogen-bond acceptors (Lipinski definition) is 3. The first-order valence-corrected chi connectivity index (χ1v) is 5.78. The Kier molecular flexibility index (Phi) is 3.31. The number of hydrogen-bond donors (Lipinski definition) is 1. The Morgan fingerprint density at radius 1 is 1.44 bits per heavy atom. The van der Waals surface area contributed by atoms with E-state index in [-0.39, 0.29) is 0 Å². The van der Waals surface area contributed by atoms with Crippen LogP contribution in [0.4, 0.5) is 0 Å². The molecule has 0 aliphatic heterocycles. The molecule has 6 heteroatoms. The van der Waals surface area contributed by atoms with Crippen molar-refractivity contribution in [1.29, 1.82) is 0 Å². The van der Waals surface area contributed by atoms with Gasteiger partial charge in [-0.3, -0.25) is 4.98 Å². The Labute approximate surface area is 107 Å². The maximum absolute atomic E-state index is 5.56. The second-order valence-electron chi connectivity index (χ2n) is 3.21. The maximum Gasteiger partial charge on any atom is 0.167 e. The molecule has 0 amide bonds. The average Bonchev–Trinajstić information content (AvgIpc) is 2.69. The summed E-state index contributed by atoms with van der Waals surface area (Å²) in [6, 6.07) is 3.88. The number of halogens is 1. The van der Waals surface area contributed by atoms with Crippen LogP contribution >= 0.6 is 28.1 Å². The van der Waals surface area contributed by atoms with Crippen molar-refractivity contribution in [3.8, 4) is 0 Å². The summed E-state index contributed by atoms with van der Waals surface area (Å²) in [4.78, 5) is 8.66. The summed E-state index contributed by atoms with van der Waals surface area (Å²) in [5.41, 5.74) is 6.49. The lowest BCUT2D eigenvalue weighted by molar-refractivity contribution is 0.764. The van der Waals surface area contributed by atoms with E-state index in [1.54, 1.807) is 12.4 Å². The molecule has 0 fully saturated rings. The molecule has 2 aromatic rings. The van der Waals surface area contributed by atoms with Gasteiger partial charge in [0.25, 0.3) is 0 Å². The molecule has 0 aliphatic carbocycles. The fraction of sp³-hybridized carbons (Fsp3) is 0.100. The van der Waals surface area contributed by atoms with Gasteiger partial charge < -0.3 is 10.3 Å². The van der Waals surface area contributed by atoms with Crippen molar-refractivity contribution in [2.45, 2.75) is 6.54 Å². The van der Waals surface area contributed by atoms with Crippen molar-refractivity contribution in [2.24, 2.45) is 5.73 Å². The summed E-state index contributed by atoms with van der Waals surface area (Å²) in [6.07, 6.45) is 5.26. The Morgan fingerprint density at radius 3 is 2.88 bits per heavy atom. The molecule has 2 N–H and O–H groups in total. The molecule has 0 saturated heterocycles. The molecule has 2 heterocycles. The van der Waals surface area contributed by atoms with Gasteiger partial charge in [-0.1, -0.05) is 12.2 Å². The molecule has 0 atom stereocenters. The number of nitrogens with two attached hydrogens (primary N) is 1. The molecule has 82 valence electrons. The molecular formula is C10H9BrN4S. The smallest absolute Gasteiger partial charge is 0.167 e. The van der Waals surface area contributed by atoms with Crippen LogP contribution < -0.4 is 5.73 Å². The summed E-state index contributed by atoms with van der Waals surface area (Å²) >= 11 is 8.25. The van der Waals surface area contributed by atoms with Gasteiger partial charge in [0, 0.05) is 23.1 Å². The first kappa shape index (κ1) is 11.2. The number of nitrogens with zero attached hydrogens (tertiary/aromatic N) is 3. The van der Waals surface area contributed by atoms with Crippen LogP contribution in [0.5, 0.6) is 0 Å². The zero-order valence-electron chi connectivity index (χ0n) is 8.30. The topological polar surface area (TPSA) is 56.7 Å². The Balaban J connectivity index is 2.23. The van der Waals surface area contributed by atoms with Crippen LogP contribution in [-0.2, 0) is 6.54 Å². The molecule has 2 aromatic heterocycles. The SMILES string of the molecule is NC(=S)c1nccn1Cc1ccc(Br)cn1.